The van der Waals surface area contributed by atoms with Gasteiger partial charge < -0.3 is 10.2 Å². The number of rotatable bonds is 4. The highest BCUT2D eigenvalue weighted by atomic mass is 79.9. The molecule has 5 nitrogen and oxygen atoms in total. The van der Waals surface area contributed by atoms with Gasteiger partial charge in [-0.1, -0.05) is 58.4 Å². The van der Waals surface area contributed by atoms with Gasteiger partial charge in [-0.05, 0) is 54.8 Å². The zero-order valence-corrected chi connectivity index (χ0v) is 19.2. The van der Waals surface area contributed by atoms with Crippen LogP contribution in [0.5, 0.6) is 0 Å². The third kappa shape index (κ3) is 4.08. The Balaban J connectivity index is 1.78. The molecule has 0 aliphatic carbocycles. The maximum absolute atomic E-state index is 13.5. The lowest BCUT2D eigenvalue weighted by atomic mass is 10.0. The molecule has 0 unspecified atom stereocenters. The molecule has 6 heteroatoms. The van der Waals surface area contributed by atoms with E-state index < -0.39 is 5.91 Å². The lowest BCUT2D eigenvalue weighted by Crippen LogP contribution is -2.27. The van der Waals surface area contributed by atoms with E-state index in [9.17, 15) is 14.9 Å². The molecule has 1 aliphatic heterocycles. The van der Waals surface area contributed by atoms with Crippen LogP contribution in [-0.4, -0.2) is 11.8 Å². The fraction of sp³-hybridized carbons (Fsp3) is 0.115. The van der Waals surface area contributed by atoms with Crippen molar-refractivity contribution in [2.24, 2.45) is 0 Å². The van der Waals surface area contributed by atoms with Crippen LogP contribution < -0.4 is 10.2 Å². The van der Waals surface area contributed by atoms with E-state index in [1.54, 1.807) is 11.0 Å². The molecule has 1 N–H and O–H groups in total. The number of nitriles is 1. The molecule has 0 spiro atoms. The monoisotopic (exact) mass is 485 g/mol. The maximum atomic E-state index is 13.5. The van der Waals surface area contributed by atoms with E-state index in [1.165, 1.54) is 0 Å². The van der Waals surface area contributed by atoms with E-state index in [0.29, 0.717) is 23.5 Å². The maximum Gasteiger partial charge on any atom is 0.267 e. The zero-order valence-electron chi connectivity index (χ0n) is 17.6. The first kappa shape index (κ1) is 21.5. The van der Waals surface area contributed by atoms with Crippen LogP contribution in [-0.2, 0) is 16.1 Å². The minimum absolute atomic E-state index is 0.113. The van der Waals surface area contributed by atoms with Gasteiger partial charge in [-0.3, -0.25) is 9.59 Å². The summed E-state index contributed by atoms with van der Waals surface area (Å²) in [5.74, 6) is -0.966. The number of hydrogen-bond donors (Lipinski definition) is 1. The highest BCUT2D eigenvalue weighted by Crippen LogP contribution is 2.41. The molecule has 32 heavy (non-hydrogen) atoms. The molecule has 2 amide bonds. The van der Waals surface area contributed by atoms with Crippen molar-refractivity contribution in [2.75, 3.05) is 10.2 Å². The highest BCUT2D eigenvalue weighted by molar-refractivity contribution is 9.10. The molecule has 0 fully saturated rings. The van der Waals surface area contributed by atoms with Gasteiger partial charge in [0.05, 0.1) is 17.8 Å². The molecular weight excluding hydrogens is 466 g/mol. The second kappa shape index (κ2) is 8.81. The van der Waals surface area contributed by atoms with Gasteiger partial charge in [-0.25, -0.2) is 0 Å². The smallest absolute Gasteiger partial charge is 0.267 e. The van der Waals surface area contributed by atoms with Crippen molar-refractivity contribution < 1.29 is 9.59 Å². The second-order valence-electron chi connectivity index (χ2n) is 7.67. The minimum Gasteiger partial charge on any atom is -0.321 e. The Bertz CT molecular complexity index is 1310. The third-order valence-corrected chi connectivity index (χ3v) is 5.88. The average Bonchev–Trinajstić information content (AvgIpc) is 3.03. The molecule has 158 valence electrons. The van der Waals surface area contributed by atoms with Crippen LogP contribution in [0, 0.1) is 25.2 Å². The number of nitrogens with one attached hydrogen (secondary N) is 1. The van der Waals surface area contributed by atoms with Crippen molar-refractivity contribution >= 4 is 44.7 Å². The number of amides is 2. The Morgan fingerprint density at radius 2 is 1.81 bits per heavy atom. The van der Waals surface area contributed by atoms with Gasteiger partial charge >= 0.3 is 0 Å². The van der Waals surface area contributed by atoms with E-state index >= 15 is 0 Å². The second-order valence-corrected chi connectivity index (χ2v) is 8.59. The quantitative estimate of drug-likeness (QED) is 0.390. The fourth-order valence-corrected chi connectivity index (χ4v) is 4.10. The molecule has 1 heterocycles. The Morgan fingerprint density at radius 1 is 1.06 bits per heavy atom. The van der Waals surface area contributed by atoms with E-state index in [4.69, 9.17) is 0 Å². The normalized spacial score (nSPS) is 14.1. The summed E-state index contributed by atoms with van der Waals surface area (Å²) in [5.41, 5.74) is 4.57. The van der Waals surface area contributed by atoms with Crippen molar-refractivity contribution in [3.63, 3.8) is 0 Å². The van der Waals surface area contributed by atoms with Crippen LogP contribution in [0.4, 0.5) is 11.4 Å². The fourth-order valence-electron chi connectivity index (χ4n) is 3.74. The number of halogens is 1. The standard InChI is InChI=1S/C26H20BrN3O2/c1-16-8-9-17(2)22(12-16)29-25(31)21(14-28)24-20-13-19(27)10-11-23(20)30(26(24)32)15-18-6-4-3-5-7-18/h3-13H,15H2,1-2H3,(H,29,31)/b24-21-. The molecule has 0 saturated heterocycles. The van der Waals surface area contributed by atoms with Gasteiger partial charge in [0.1, 0.15) is 11.6 Å². The first-order chi connectivity index (χ1) is 15.4. The number of carbonyl (C=O) groups is 2. The van der Waals surface area contributed by atoms with Gasteiger partial charge in [0, 0.05) is 15.7 Å². The van der Waals surface area contributed by atoms with Gasteiger partial charge in [0.2, 0.25) is 0 Å². The van der Waals surface area contributed by atoms with Crippen LogP contribution >= 0.6 is 15.9 Å². The molecule has 0 bridgehead atoms. The van der Waals surface area contributed by atoms with Crippen LogP contribution in [0.25, 0.3) is 5.57 Å². The minimum atomic E-state index is -0.600. The predicted molar refractivity (Wildman–Crippen MR) is 129 cm³/mol. The predicted octanol–water partition coefficient (Wildman–Crippen LogP) is 5.53. The number of nitrogens with zero attached hydrogens (tertiary/aromatic N) is 2. The highest BCUT2D eigenvalue weighted by Gasteiger charge is 2.36. The van der Waals surface area contributed by atoms with Gasteiger partial charge in [0.15, 0.2) is 0 Å². The number of anilines is 2. The van der Waals surface area contributed by atoms with Crippen LogP contribution in [0.2, 0.25) is 0 Å². The molecule has 4 rings (SSSR count). The zero-order chi connectivity index (χ0) is 22.8. The first-order valence-electron chi connectivity index (χ1n) is 10.1. The molecule has 3 aromatic rings. The van der Waals surface area contributed by atoms with Crippen LogP contribution in [0.1, 0.15) is 22.3 Å². The first-order valence-corrected chi connectivity index (χ1v) is 10.9. The van der Waals surface area contributed by atoms with Crippen molar-refractivity contribution in [3.8, 4) is 6.07 Å². The number of benzene rings is 3. The van der Waals surface area contributed by atoms with Crippen molar-refractivity contribution in [3.05, 3.63) is 99.0 Å². The lowest BCUT2D eigenvalue weighted by molar-refractivity contribution is -0.114. The number of carbonyl (C=O) groups excluding carboxylic acids is 2. The Morgan fingerprint density at radius 3 is 2.53 bits per heavy atom. The molecule has 0 aromatic heterocycles. The molecule has 0 atom stereocenters. The third-order valence-electron chi connectivity index (χ3n) is 5.39. The molecule has 0 saturated carbocycles. The summed E-state index contributed by atoms with van der Waals surface area (Å²) in [7, 11) is 0. The van der Waals surface area contributed by atoms with Gasteiger partial charge in [-0.2, -0.15) is 5.26 Å². The van der Waals surface area contributed by atoms with Crippen LogP contribution in [0.3, 0.4) is 0 Å². The van der Waals surface area contributed by atoms with Crippen molar-refractivity contribution in [2.45, 2.75) is 20.4 Å². The van der Waals surface area contributed by atoms with Gasteiger partial charge in [0.25, 0.3) is 11.8 Å². The summed E-state index contributed by atoms with van der Waals surface area (Å²) < 4.78 is 0.760. The molecule has 3 aromatic carbocycles. The summed E-state index contributed by atoms with van der Waals surface area (Å²) in [6.07, 6.45) is 0. The summed E-state index contributed by atoms with van der Waals surface area (Å²) >= 11 is 3.44. The van der Waals surface area contributed by atoms with E-state index in [2.05, 4.69) is 21.2 Å². The summed E-state index contributed by atoms with van der Waals surface area (Å²) in [6.45, 7) is 4.15. The van der Waals surface area contributed by atoms with Crippen molar-refractivity contribution in [1.82, 2.24) is 0 Å². The summed E-state index contributed by atoms with van der Waals surface area (Å²) in [5, 5.41) is 12.7. The number of hydrogen-bond acceptors (Lipinski definition) is 3. The van der Waals surface area contributed by atoms with Gasteiger partial charge in [-0.15, -0.1) is 0 Å². The Labute approximate surface area is 195 Å². The summed E-state index contributed by atoms with van der Waals surface area (Å²) in [4.78, 5) is 28.2. The SMILES string of the molecule is Cc1ccc(C)c(NC(=O)/C(C#N)=C2\C(=O)N(Cc3ccccc3)c3ccc(Br)cc32)c1. The Hall–Kier alpha value is -3.69. The topological polar surface area (TPSA) is 73.2 Å². The molecule has 0 radical (unpaired) electrons. The lowest BCUT2D eigenvalue weighted by Gasteiger charge is -2.17. The largest absolute Gasteiger partial charge is 0.321 e. The molecule has 1 aliphatic rings. The summed E-state index contributed by atoms with van der Waals surface area (Å²) in [6, 6.07) is 22.7. The number of fused-ring (bicyclic) bond motifs is 1. The Kier molecular flexibility index (Phi) is 5.93. The molecular formula is C26H20BrN3O2. The van der Waals surface area contributed by atoms with Crippen LogP contribution in [0.15, 0.2) is 76.8 Å². The van der Waals surface area contributed by atoms with E-state index in [0.717, 1.165) is 21.2 Å². The van der Waals surface area contributed by atoms with E-state index in [1.807, 2.05) is 80.6 Å². The van der Waals surface area contributed by atoms with E-state index in [-0.39, 0.29) is 17.1 Å². The van der Waals surface area contributed by atoms with Crippen molar-refractivity contribution in [1.29, 1.82) is 5.26 Å². The average molecular weight is 486 g/mol. The number of aryl methyl sites for hydroxylation is 2.